The number of carbonyl (C=O) groups is 1. The number of nitrogens with zero attached hydrogens (tertiary/aromatic N) is 1. The molecule has 1 aliphatic rings. The van der Waals surface area contributed by atoms with Crippen molar-refractivity contribution in [1.29, 1.82) is 0 Å². The van der Waals surface area contributed by atoms with Gasteiger partial charge in [-0.15, -0.1) is 0 Å². The molecule has 1 fully saturated rings. The second-order valence-electron chi connectivity index (χ2n) is 4.44. The van der Waals surface area contributed by atoms with Crippen LogP contribution in [0.4, 0.5) is 5.82 Å². The maximum atomic E-state index is 12.0. The van der Waals surface area contributed by atoms with Crippen molar-refractivity contribution in [2.75, 3.05) is 18.8 Å². The summed E-state index contributed by atoms with van der Waals surface area (Å²) in [5.41, 5.74) is 6.53. The molecule has 0 bridgehead atoms. The van der Waals surface area contributed by atoms with Crippen LogP contribution < -0.4 is 11.1 Å². The summed E-state index contributed by atoms with van der Waals surface area (Å²) < 4.78 is 0. The van der Waals surface area contributed by atoms with E-state index < -0.39 is 0 Å². The van der Waals surface area contributed by atoms with Crippen molar-refractivity contribution >= 4 is 11.6 Å². The van der Waals surface area contributed by atoms with Gasteiger partial charge in [-0.25, -0.2) is 4.98 Å². The number of carbonyl (C=O) groups excluding carboxylic acids is 1. The Morgan fingerprint density at radius 2 is 2.44 bits per heavy atom. The van der Waals surface area contributed by atoms with E-state index in [-0.39, 0.29) is 11.7 Å². The van der Waals surface area contributed by atoms with Gasteiger partial charge in [0, 0.05) is 18.5 Å². The topological polar surface area (TPSA) is 68.0 Å². The lowest BCUT2D eigenvalue weighted by Gasteiger charge is -2.31. The molecule has 0 aromatic carbocycles. The third-order valence-electron chi connectivity index (χ3n) is 3.25. The summed E-state index contributed by atoms with van der Waals surface area (Å²) in [5.74, 6) is 1.41. The lowest BCUT2D eigenvalue weighted by molar-refractivity contribution is -0.123. The van der Waals surface area contributed by atoms with Crippen LogP contribution in [0.2, 0.25) is 0 Å². The van der Waals surface area contributed by atoms with Crippen molar-refractivity contribution < 1.29 is 4.79 Å². The molecule has 0 aliphatic carbocycles. The molecule has 0 spiro atoms. The standard InChI is InChI=1S/C12H17N3O/c1-8(10-6-14-7-10)11(16)4-9-2-3-15-12(13)5-9/h2-3,5,8,10,14H,4,6-7H2,1H3,(H2,13,15). The first kappa shape index (κ1) is 11.1. The molecule has 86 valence electrons. The summed E-state index contributed by atoms with van der Waals surface area (Å²) in [6.07, 6.45) is 2.11. The van der Waals surface area contributed by atoms with Crippen LogP contribution in [-0.4, -0.2) is 23.9 Å². The minimum atomic E-state index is 0.135. The van der Waals surface area contributed by atoms with Crippen molar-refractivity contribution in [2.24, 2.45) is 11.8 Å². The van der Waals surface area contributed by atoms with E-state index in [0.29, 0.717) is 18.2 Å². The smallest absolute Gasteiger partial charge is 0.140 e. The molecule has 2 heterocycles. The third-order valence-corrected chi connectivity index (χ3v) is 3.25. The number of pyridine rings is 1. The summed E-state index contributed by atoms with van der Waals surface area (Å²) in [7, 11) is 0. The molecule has 1 unspecified atom stereocenters. The van der Waals surface area contributed by atoms with Crippen molar-refractivity contribution in [3.05, 3.63) is 23.9 Å². The minimum absolute atomic E-state index is 0.135. The van der Waals surface area contributed by atoms with Crippen LogP contribution in [0.1, 0.15) is 12.5 Å². The second kappa shape index (κ2) is 4.61. The molecular weight excluding hydrogens is 202 g/mol. The van der Waals surface area contributed by atoms with Gasteiger partial charge in [0.2, 0.25) is 0 Å². The molecule has 0 radical (unpaired) electrons. The molecule has 1 aromatic rings. The van der Waals surface area contributed by atoms with Gasteiger partial charge in [0.15, 0.2) is 0 Å². The molecule has 3 N–H and O–H groups in total. The summed E-state index contributed by atoms with van der Waals surface area (Å²) in [4.78, 5) is 15.9. The van der Waals surface area contributed by atoms with E-state index in [1.165, 1.54) is 0 Å². The number of aromatic nitrogens is 1. The Hall–Kier alpha value is -1.42. The number of ketones is 1. The molecule has 1 saturated heterocycles. The third kappa shape index (κ3) is 2.39. The first-order valence-electron chi connectivity index (χ1n) is 5.60. The van der Waals surface area contributed by atoms with Crippen LogP contribution in [-0.2, 0) is 11.2 Å². The van der Waals surface area contributed by atoms with Gasteiger partial charge in [-0.3, -0.25) is 4.79 Å². The van der Waals surface area contributed by atoms with E-state index in [9.17, 15) is 4.79 Å². The Bertz CT molecular complexity index is 388. The number of hydrogen-bond donors (Lipinski definition) is 2. The van der Waals surface area contributed by atoms with Crippen molar-refractivity contribution in [3.63, 3.8) is 0 Å². The highest BCUT2D eigenvalue weighted by molar-refractivity contribution is 5.83. The van der Waals surface area contributed by atoms with Crippen LogP contribution in [0, 0.1) is 11.8 Å². The minimum Gasteiger partial charge on any atom is -0.384 e. The van der Waals surface area contributed by atoms with E-state index in [1.807, 2.05) is 13.0 Å². The van der Waals surface area contributed by atoms with E-state index in [1.54, 1.807) is 12.3 Å². The molecule has 0 saturated carbocycles. The normalized spacial score (nSPS) is 17.8. The van der Waals surface area contributed by atoms with Gasteiger partial charge in [-0.2, -0.15) is 0 Å². The van der Waals surface area contributed by atoms with E-state index in [4.69, 9.17) is 5.73 Å². The van der Waals surface area contributed by atoms with Gasteiger partial charge >= 0.3 is 0 Å². The zero-order chi connectivity index (χ0) is 11.5. The molecular formula is C12H17N3O. The number of rotatable bonds is 4. The van der Waals surface area contributed by atoms with Gasteiger partial charge in [-0.05, 0) is 36.7 Å². The first-order valence-corrected chi connectivity index (χ1v) is 5.60. The van der Waals surface area contributed by atoms with Crippen LogP contribution in [0.15, 0.2) is 18.3 Å². The molecule has 1 aliphatic heterocycles. The molecule has 1 atom stereocenters. The molecule has 1 aromatic heterocycles. The number of nitrogens with one attached hydrogen (secondary N) is 1. The molecule has 4 nitrogen and oxygen atoms in total. The number of nitrogen functional groups attached to an aromatic ring is 1. The van der Waals surface area contributed by atoms with E-state index in [0.717, 1.165) is 18.7 Å². The van der Waals surface area contributed by atoms with Gasteiger partial charge in [0.1, 0.15) is 11.6 Å². The predicted molar refractivity (Wildman–Crippen MR) is 62.9 cm³/mol. The van der Waals surface area contributed by atoms with Gasteiger partial charge in [-0.1, -0.05) is 6.92 Å². The summed E-state index contributed by atoms with van der Waals surface area (Å²) in [6.45, 7) is 3.94. The van der Waals surface area contributed by atoms with Crippen LogP contribution in [0.25, 0.3) is 0 Å². The highest BCUT2D eigenvalue weighted by Gasteiger charge is 2.28. The SMILES string of the molecule is CC(C(=O)Cc1ccnc(N)c1)C1CNC1. The zero-order valence-corrected chi connectivity index (χ0v) is 9.44. The quantitative estimate of drug-likeness (QED) is 0.779. The molecule has 16 heavy (non-hydrogen) atoms. The average Bonchev–Trinajstić information content (AvgIpc) is 2.14. The van der Waals surface area contributed by atoms with Gasteiger partial charge in [0.05, 0.1) is 0 Å². The average molecular weight is 219 g/mol. The molecule has 4 heteroatoms. The highest BCUT2D eigenvalue weighted by atomic mass is 16.1. The largest absolute Gasteiger partial charge is 0.384 e. The Kier molecular flexibility index (Phi) is 3.19. The summed E-state index contributed by atoms with van der Waals surface area (Å²) in [5, 5.41) is 3.19. The number of nitrogens with two attached hydrogens (primary N) is 1. The Balaban J connectivity index is 1.96. The van der Waals surface area contributed by atoms with Crippen molar-refractivity contribution in [2.45, 2.75) is 13.3 Å². The maximum absolute atomic E-state index is 12.0. The summed E-state index contributed by atoms with van der Waals surface area (Å²) in [6, 6.07) is 3.61. The zero-order valence-electron chi connectivity index (χ0n) is 9.44. The van der Waals surface area contributed by atoms with Crippen molar-refractivity contribution in [1.82, 2.24) is 10.3 Å². The number of Topliss-reactive ketones (excluding diaryl/α,β-unsaturated/α-hetero) is 1. The maximum Gasteiger partial charge on any atom is 0.140 e. The number of anilines is 1. The highest BCUT2D eigenvalue weighted by Crippen LogP contribution is 2.18. The first-order chi connectivity index (χ1) is 7.66. The van der Waals surface area contributed by atoms with Crippen LogP contribution >= 0.6 is 0 Å². The summed E-state index contributed by atoms with van der Waals surface area (Å²) >= 11 is 0. The van der Waals surface area contributed by atoms with E-state index >= 15 is 0 Å². The fourth-order valence-corrected chi connectivity index (χ4v) is 1.89. The van der Waals surface area contributed by atoms with E-state index in [2.05, 4.69) is 10.3 Å². The van der Waals surface area contributed by atoms with Crippen LogP contribution in [0.3, 0.4) is 0 Å². The van der Waals surface area contributed by atoms with Crippen molar-refractivity contribution in [3.8, 4) is 0 Å². The monoisotopic (exact) mass is 219 g/mol. The second-order valence-corrected chi connectivity index (χ2v) is 4.44. The Morgan fingerprint density at radius 3 is 3.00 bits per heavy atom. The lowest BCUT2D eigenvalue weighted by Crippen LogP contribution is -2.47. The predicted octanol–water partition coefficient (Wildman–Crippen LogP) is 0.631. The van der Waals surface area contributed by atoms with Gasteiger partial charge < -0.3 is 11.1 Å². The molecule has 0 amide bonds. The fourth-order valence-electron chi connectivity index (χ4n) is 1.89. The van der Waals surface area contributed by atoms with Gasteiger partial charge in [0.25, 0.3) is 0 Å². The van der Waals surface area contributed by atoms with Crippen LogP contribution in [0.5, 0.6) is 0 Å². The Morgan fingerprint density at radius 1 is 1.69 bits per heavy atom. The molecule has 2 rings (SSSR count). The fraction of sp³-hybridized carbons (Fsp3) is 0.500. The number of hydrogen-bond acceptors (Lipinski definition) is 4. The Labute approximate surface area is 95.3 Å². The lowest BCUT2D eigenvalue weighted by atomic mass is 9.84.